The molecule has 0 saturated heterocycles. The van der Waals surface area contributed by atoms with E-state index in [1.54, 1.807) is 12.1 Å². The average molecular weight is 544 g/mol. The summed E-state index contributed by atoms with van der Waals surface area (Å²) in [6.07, 6.45) is 8.40. The maximum Gasteiger partial charge on any atom is 0.294 e. The number of likely N-dealkylation sites (N-methyl/N-ethyl adjacent to an activating group) is 2. The smallest absolute Gasteiger partial charge is 0.294 e. The highest BCUT2D eigenvalue weighted by Crippen LogP contribution is 2.47. The molecule has 0 fully saturated rings. The Morgan fingerprint density at radius 2 is 1.71 bits per heavy atom. The van der Waals surface area contributed by atoms with Crippen LogP contribution in [-0.2, 0) is 20.9 Å². The molecular weight excluding hydrogens is 512 g/mol. The molecule has 0 aliphatic carbocycles. The zero-order chi connectivity index (χ0) is 25.1. The number of hydrogen-bond acceptors (Lipinski definition) is 4. The molecule has 2 heterocycles. The van der Waals surface area contributed by atoms with E-state index in [0.717, 1.165) is 15.7 Å². The van der Waals surface area contributed by atoms with Gasteiger partial charge in [0, 0.05) is 46.5 Å². The number of para-hydroxylation sites is 1. The van der Waals surface area contributed by atoms with Gasteiger partial charge in [-0.15, -0.1) is 0 Å². The van der Waals surface area contributed by atoms with Crippen molar-refractivity contribution in [1.29, 1.82) is 0 Å². The lowest BCUT2D eigenvalue weighted by Gasteiger charge is -2.29. The lowest BCUT2D eigenvalue weighted by atomic mass is 9.80. The first-order valence-corrected chi connectivity index (χ1v) is 13.4. The van der Waals surface area contributed by atoms with Gasteiger partial charge >= 0.3 is 0 Å². The maximum absolute atomic E-state index is 11.6. The van der Waals surface area contributed by atoms with Crippen LogP contribution in [0, 0.1) is 0 Å². The zero-order valence-electron chi connectivity index (χ0n) is 20.4. The van der Waals surface area contributed by atoms with Crippen LogP contribution in [0.4, 0.5) is 11.4 Å². The Hall–Kier alpha value is -2.35. The highest BCUT2D eigenvalue weighted by molar-refractivity contribution is 9.11. The molecule has 0 spiro atoms. The van der Waals surface area contributed by atoms with Crippen molar-refractivity contribution in [1.82, 2.24) is 0 Å². The summed E-state index contributed by atoms with van der Waals surface area (Å²) < 4.78 is 33.7. The van der Waals surface area contributed by atoms with Crippen LogP contribution < -0.4 is 9.80 Å². The molecule has 4 rings (SSSR count). The van der Waals surface area contributed by atoms with Gasteiger partial charge in [0.2, 0.25) is 0 Å². The number of fused-ring (bicyclic) bond motifs is 2. The van der Waals surface area contributed by atoms with E-state index in [1.165, 1.54) is 23.0 Å². The van der Waals surface area contributed by atoms with E-state index in [-0.39, 0.29) is 21.8 Å². The molecule has 0 aromatic heterocycles. The van der Waals surface area contributed by atoms with E-state index in [9.17, 15) is 13.0 Å². The van der Waals surface area contributed by atoms with Crippen molar-refractivity contribution in [2.24, 2.45) is 0 Å². The third kappa shape index (κ3) is 4.04. The monoisotopic (exact) mass is 542 g/mol. The summed E-state index contributed by atoms with van der Waals surface area (Å²) in [6, 6.07) is 13.3. The van der Waals surface area contributed by atoms with E-state index in [4.69, 9.17) is 0 Å². The number of halogens is 1. The average Bonchev–Trinajstić information content (AvgIpc) is 3.08. The van der Waals surface area contributed by atoms with Crippen LogP contribution in [0.1, 0.15) is 38.8 Å². The quantitative estimate of drug-likeness (QED) is 0.369. The van der Waals surface area contributed by atoms with Gasteiger partial charge in [0.05, 0.1) is 10.9 Å². The Kier molecular flexibility index (Phi) is 6.12. The molecule has 0 bridgehead atoms. The maximum atomic E-state index is 11.6. The number of hydrogen-bond donors (Lipinski definition) is 1. The summed E-state index contributed by atoms with van der Waals surface area (Å²) in [4.78, 5) is 4.31. The topological polar surface area (TPSA) is 60.9 Å². The van der Waals surface area contributed by atoms with Crippen LogP contribution in [0.2, 0.25) is 0 Å². The Labute approximate surface area is 211 Å². The molecule has 0 saturated carbocycles. The second kappa shape index (κ2) is 8.40. The molecule has 2 aliphatic heterocycles. The molecule has 0 amide bonds. The van der Waals surface area contributed by atoms with Gasteiger partial charge in [-0.2, -0.15) is 8.42 Å². The van der Waals surface area contributed by atoms with Crippen LogP contribution in [-0.4, -0.2) is 33.1 Å². The van der Waals surface area contributed by atoms with Gasteiger partial charge in [-0.25, -0.2) is 0 Å². The fourth-order valence-electron chi connectivity index (χ4n) is 5.36. The highest BCUT2D eigenvalue weighted by atomic mass is 79.9. The molecule has 2 aromatic rings. The third-order valence-electron chi connectivity index (χ3n) is 7.28. The minimum absolute atomic E-state index is 0.0163. The molecule has 1 N–H and O–H groups in total. The van der Waals surface area contributed by atoms with Crippen molar-refractivity contribution >= 4 is 37.4 Å². The molecule has 2 aliphatic rings. The predicted octanol–water partition coefficient (Wildman–Crippen LogP) is 6.18. The summed E-state index contributed by atoms with van der Waals surface area (Å²) in [5.74, 6) is 0. The normalized spacial score (nSPS) is 22.5. The van der Waals surface area contributed by atoms with Gasteiger partial charge in [0.25, 0.3) is 10.1 Å². The summed E-state index contributed by atoms with van der Waals surface area (Å²) in [5.41, 5.74) is 5.20. The van der Waals surface area contributed by atoms with E-state index in [0.29, 0.717) is 0 Å². The van der Waals surface area contributed by atoms with Crippen molar-refractivity contribution < 1.29 is 13.0 Å². The summed E-state index contributed by atoms with van der Waals surface area (Å²) in [6.45, 7) is 8.66. The van der Waals surface area contributed by atoms with Crippen molar-refractivity contribution in [2.75, 3.05) is 23.9 Å². The van der Waals surface area contributed by atoms with Crippen LogP contribution >= 0.6 is 15.9 Å². The summed E-state index contributed by atoms with van der Waals surface area (Å²) in [5, 5.41) is 0. The van der Waals surface area contributed by atoms with E-state index >= 15 is 0 Å². The van der Waals surface area contributed by atoms with Crippen molar-refractivity contribution in [3.05, 3.63) is 88.1 Å². The zero-order valence-corrected chi connectivity index (χ0v) is 22.8. The van der Waals surface area contributed by atoms with Crippen LogP contribution in [0.5, 0.6) is 0 Å². The van der Waals surface area contributed by atoms with Crippen LogP contribution in [0.3, 0.4) is 0 Å². The van der Waals surface area contributed by atoms with Gasteiger partial charge in [-0.1, -0.05) is 67.9 Å². The van der Waals surface area contributed by atoms with E-state index in [2.05, 4.69) is 103 Å². The number of benzene rings is 2. The lowest BCUT2D eigenvalue weighted by molar-refractivity contribution is 0.479. The number of rotatable bonds is 4. The first kappa shape index (κ1) is 24.8. The largest absolute Gasteiger partial charge is 0.367 e. The molecule has 5 nitrogen and oxygen atoms in total. The minimum atomic E-state index is -4.25. The van der Waals surface area contributed by atoms with Gasteiger partial charge in [0.1, 0.15) is 0 Å². The SMILES string of the molecule is CN1/C(=C/C=C(Br)/C=C/C2N(C)c3ccc(S(=O)(=O)O)cc3C2(C)C)C(C)(C)c2ccccc21. The molecule has 180 valence electrons. The number of allylic oxidation sites excluding steroid dienone is 5. The summed E-state index contributed by atoms with van der Waals surface area (Å²) >= 11 is 3.70. The lowest BCUT2D eigenvalue weighted by Crippen LogP contribution is -2.37. The Balaban J connectivity index is 1.60. The first-order valence-electron chi connectivity index (χ1n) is 11.2. The second-order valence-corrected chi connectivity index (χ2v) is 12.4. The Bertz CT molecular complexity index is 1340. The number of anilines is 2. The van der Waals surface area contributed by atoms with Crippen molar-refractivity contribution in [2.45, 2.75) is 49.5 Å². The molecule has 2 aromatic carbocycles. The molecule has 0 radical (unpaired) electrons. The molecule has 1 unspecified atom stereocenters. The van der Waals surface area contributed by atoms with Gasteiger partial charge in [-0.3, -0.25) is 4.55 Å². The minimum Gasteiger partial charge on any atom is -0.367 e. The van der Waals surface area contributed by atoms with Crippen LogP contribution in [0.15, 0.2) is 81.8 Å². The molecule has 34 heavy (non-hydrogen) atoms. The van der Waals surface area contributed by atoms with E-state index in [1.807, 2.05) is 13.1 Å². The second-order valence-electron chi connectivity index (χ2n) is 10.1. The molecular formula is C27H31BrN2O3S. The fraction of sp³-hybridized carbons (Fsp3) is 0.333. The number of nitrogens with zero attached hydrogens (tertiary/aromatic N) is 2. The standard InChI is InChI=1S/C27H31BrN2O3S/c1-26(2)20-9-7-8-10-22(20)29(5)24(26)15-11-18(28)12-16-25-27(3,4)21-17-19(34(31,32)33)13-14-23(21)30(25)6/h7-17,25H,1-6H3,(H,31,32,33)/b16-12+,18-11-,24-15+. The Morgan fingerprint density at radius 1 is 1.03 bits per heavy atom. The third-order valence-corrected chi connectivity index (χ3v) is 8.65. The molecule has 1 atom stereocenters. The highest BCUT2D eigenvalue weighted by Gasteiger charge is 2.42. The van der Waals surface area contributed by atoms with Gasteiger partial charge in [-0.05, 0) is 53.6 Å². The van der Waals surface area contributed by atoms with Gasteiger partial charge in [0.15, 0.2) is 0 Å². The predicted molar refractivity (Wildman–Crippen MR) is 144 cm³/mol. The van der Waals surface area contributed by atoms with Crippen LogP contribution in [0.25, 0.3) is 0 Å². The summed E-state index contributed by atoms with van der Waals surface area (Å²) in [7, 11) is -0.144. The van der Waals surface area contributed by atoms with Gasteiger partial charge < -0.3 is 9.80 Å². The Morgan fingerprint density at radius 3 is 2.35 bits per heavy atom. The fourth-order valence-corrected chi connectivity index (χ4v) is 6.15. The first-order chi connectivity index (χ1) is 15.8. The van der Waals surface area contributed by atoms with E-state index < -0.39 is 10.1 Å². The molecule has 7 heteroatoms. The van der Waals surface area contributed by atoms with Crippen molar-refractivity contribution in [3.63, 3.8) is 0 Å². The van der Waals surface area contributed by atoms with Crippen molar-refractivity contribution in [3.8, 4) is 0 Å².